The van der Waals surface area contributed by atoms with Crippen LogP contribution in [0.3, 0.4) is 0 Å². The number of nitrogens with zero attached hydrogens (tertiary/aromatic N) is 1. The van der Waals surface area contributed by atoms with Crippen molar-refractivity contribution in [2.75, 3.05) is 18.0 Å². The molecule has 1 fully saturated rings. The molecule has 1 aromatic rings. The first-order chi connectivity index (χ1) is 7.59. The lowest BCUT2D eigenvalue weighted by Gasteiger charge is -2.22. The summed E-state index contributed by atoms with van der Waals surface area (Å²) >= 11 is 0. The van der Waals surface area contributed by atoms with Crippen molar-refractivity contribution < 1.29 is 4.39 Å². The minimum Gasteiger partial charge on any atom is -0.371 e. The smallest absolute Gasteiger partial charge is 0.127 e. The number of rotatable bonds is 2. The fourth-order valence-electron chi connectivity index (χ4n) is 2.42. The third kappa shape index (κ3) is 2.06. The van der Waals surface area contributed by atoms with Gasteiger partial charge < -0.3 is 4.90 Å². The molecule has 2 rings (SSSR count). The molecule has 0 amide bonds. The molecule has 0 saturated carbocycles. The first kappa shape index (κ1) is 11.4. The molecular weight excluding hydrogens is 201 g/mol. The minimum atomic E-state index is -0.0598. The molecule has 1 aliphatic rings. The standard InChI is InChI=1S/C14H20FN/c1-10(2)12-9-14(11(3)8-13(12)15)16-6-4-5-7-16/h8-10H,4-7H2,1-3H3. The van der Waals surface area contributed by atoms with Crippen molar-refractivity contribution in [1.29, 1.82) is 0 Å². The second-order valence-corrected chi connectivity index (χ2v) is 5.01. The first-order valence-corrected chi connectivity index (χ1v) is 6.14. The maximum Gasteiger partial charge on any atom is 0.127 e. The quantitative estimate of drug-likeness (QED) is 0.733. The van der Waals surface area contributed by atoms with E-state index in [2.05, 4.69) is 4.90 Å². The van der Waals surface area contributed by atoms with Crippen LogP contribution >= 0.6 is 0 Å². The third-order valence-corrected chi connectivity index (χ3v) is 3.38. The zero-order valence-corrected chi connectivity index (χ0v) is 10.4. The van der Waals surface area contributed by atoms with Crippen LogP contribution in [0.5, 0.6) is 0 Å². The average Bonchev–Trinajstić information content (AvgIpc) is 2.70. The molecular formula is C14H20FN. The zero-order chi connectivity index (χ0) is 11.7. The van der Waals surface area contributed by atoms with Crippen molar-refractivity contribution in [1.82, 2.24) is 0 Å². The predicted octanol–water partition coefficient (Wildman–Crippen LogP) is 3.86. The number of halogens is 1. The van der Waals surface area contributed by atoms with Crippen LogP contribution in [0.2, 0.25) is 0 Å². The van der Waals surface area contributed by atoms with Gasteiger partial charge in [-0.2, -0.15) is 0 Å². The Morgan fingerprint density at radius 2 is 1.81 bits per heavy atom. The fraction of sp³-hybridized carbons (Fsp3) is 0.571. The maximum atomic E-state index is 13.7. The van der Waals surface area contributed by atoms with Crippen LogP contribution in [0.15, 0.2) is 12.1 Å². The van der Waals surface area contributed by atoms with E-state index in [-0.39, 0.29) is 11.7 Å². The van der Waals surface area contributed by atoms with Gasteiger partial charge in [-0.25, -0.2) is 4.39 Å². The molecule has 1 aliphatic heterocycles. The molecule has 0 atom stereocenters. The monoisotopic (exact) mass is 221 g/mol. The van der Waals surface area contributed by atoms with E-state index in [4.69, 9.17) is 0 Å². The molecule has 88 valence electrons. The van der Waals surface area contributed by atoms with Crippen LogP contribution in [0.4, 0.5) is 10.1 Å². The zero-order valence-electron chi connectivity index (χ0n) is 10.4. The summed E-state index contributed by atoms with van der Waals surface area (Å²) in [5.41, 5.74) is 3.12. The molecule has 1 nitrogen and oxygen atoms in total. The van der Waals surface area contributed by atoms with Gasteiger partial charge in [0, 0.05) is 18.8 Å². The van der Waals surface area contributed by atoms with Crippen LogP contribution < -0.4 is 4.90 Å². The highest BCUT2D eigenvalue weighted by atomic mass is 19.1. The van der Waals surface area contributed by atoms with Gasteiger partial charge in [-0.1, -0.05) is 13.8 Å². The van der Waals surface area contributed by atoms with Crippen LogP contribution in [-0.2, 0) is 0 Å². The predicted molar refractivity (Wildman–Crippen MR) is 66.7 cm³/mol. The lowest BCUT2D eigenvalue weighted by Crippen LogP contribution is -2.19. The van der Waals surface area contributed by atoms with Gasteiger partial charge in [0.2, 0.25) is 0 Å². The molecule has 16 heavy (non-hydrogen) atoms. The molecule has 0 N–H and O–H groups in total. The second-order valence-electron chi connectivity index (χ2n) is 5.01. The summed E-state index contributed by atoms with van der Waals surface area (Å²) in [6.45, 7) is 8.32. The lowest BCUT2D eigenvalue weighted by atomic mass is 9.99. The number of aryl methyl sites for hydroxylation is 1. The second kappa shape index (κ2) is 4.44. The van der Waals surface area contributed by atoms with E-state index in [1.807, 2.05) is 26.8 Å². The highest BCUT2D eigenvalue weighted by Crippen LogP contribution is 2.30. The van der Waals surface area contributed by atoms with Crippen molar-refractivity contribution in [3.8, 4) is 0 Å². The van der Waals surface area contributed by atoms with Crippen LogP contribution in [0.25, 0.3) is 0 Å². The maximum absolute atomic E-state index is 13.7. The van der Waals surface area contributed by atoms with Gasteiger partial charge in [0.05, 0.1) is 0 Å². The topological polar surface area (TPSA) is 3.24 Å². The van der Waals surface area contributed by atoms with Crippen molar-refractivity contribution >= 4 is 5.69 Å². The van der Waals surface area contributed by atoms with Crippen molar-refractivity contribution in [2.24, 2.45) is 0 Å². The van der Waals surface area contributed by atoms with Gasteiger partial charge in [0.25, 0.3) is 0 Å². The Labute approximate surface area is 97.3 Å². The molecule has 0 radical (unpaired) electrons. The summed E-state index contributed by atoms with van der Waals surface area (Å²) in [6.07, 6.45) is 2.52. The summed E-state index contributed by atoms with van der Waals surface area (Å²) < 4.78 is 13.7. The minimum absolute atomic E-state index is 0.0598. The van der Waals surface area contributed by atoms with E-state index in [1.54, 1.807) is 6.07 Å². The van der Waals surface area contributed by atoms with Crippen molar-refractivity contribution in [3.63, 3.8) is 0 Å². The van der Waals surface area contributed by atoms with E-state index in [0.29, 0.717) is 0 Å². The van der Waals surface area contributed by atoms with E-state index in [9.17, 15) is 4.39 Å². The molecule has 1 aromatic carbocycles. The molecule has 0 aliphatic carbocycles. The normalized spacial score (nSPS) is 16.2. The van der Waals surface area contributed by atoms with Gasteiger partial charge in [-0.05, 0) is 48.9 Å². The lowest BCUT2D eigenvalue weighted by molar-refractivity contribution is 0.597. The number of benzene rings is 1. The Morgan fingerprint density at radius 1 is 1.19 bits per heavy atom. The largest absolute Gasteiger partial charge is 0.371 e. The number of hydrogen-bond donors (Lipinski definition) is 0. The summed E-state index contributed by atoms with van der Waals surface area (Å²) in [6, 6.07) is 3.73. The molecule has 2 heteroatoms. The Bertz CT molecular complexity index is 379. The van der Waals surface area contributed by atoms with Gasteiger partial charge in [0.1, 0.15) is 5.82 Å². The average molecular weight is 221 g/mol. The molecule has 1 heterocycles. The van der Waals surface area contributed by atoms with Crippen molar-refractivity contribution in [3.05, 3.63) is 29.1 Å². The number of hydrogen-bond acceptors (Lipinski definition) is 1. The van der Waals surface area contributed by atoms with Gasteiger partial charge in [0.15, 0.2) is 0 Å². The fourth-order valence-corrected chi connectivity index (χ4v) is 2.42. The first-order valence-electron chi connectivity index (χ1n) is 6.14. The Morgan fingerprint density at radius 3 is 2.38 bits per heavy atom. The third-order valence-electron chi connectivity index (χ3n) is 3.38. The molecule has 1 saturated heterocycles. The van der Waals surface area contributed by atoms with Gasteiger partial charge in [-0.3, -0.25) is 0 Å². The SMILES string of the molecule is Cc1cc(F)c(C(C)C)cc1N1CCCC1. The van der Waals surface area contributed by atoms with E-state index in [1.165, 1.54) is 18.5 Å². The van der Waals surface area contributed by atoms with Crippen LogP contribution in [0, 0.1) is 12.7 Å². The highest BCUT2D eigenvalue weighted by Gasteiger charge is 2.17. The van der Waals surface area contributed by atoms with Crippen molar-refractivity contribution in [2.45, 2.75) is 39.5 Å². The summed E-state index contributed by atoms with van der Waals surface area (Å²) in [5.74, 6) is 0.192. The Balaban J connectivity index is 2.40. The summed E-state index contributed by atoms with van der Waals surface area (Å²) in [5, 5.41) is 0. The molecule has 0 spiro atoms. The molecule has 0 bridgehead atoms. The van der Waals surface area contributed by atoms with E-state index < -0.39 is 0 Å². The van der Waals surface area contributed by atoms with Gasteiger partial charge in [-0.15, -0.1) is 0 Å². The molecule has 0 aromatic heterocycles. The summed E-state index contributed by atoms with van der Waals surface area (Å²) in [7, 11) is 0. The summed E-state index contributed by atoms with van der Waals surface area (Å²) in [4.78, 5) is 2.38. The highest BCUT2D eigenvalue weighted by molar-refractivity contribution is 5.56. The molecule has 0 unspecified atom stereocenters. The van der Waals surface area contributed by atoms with E-state index in [0.717, 1.165) is 24.2 Å². The number of anilines is 1. The Kier molecular flexibility index (Phi) is 3.17. The van der Waals surface area contributed by atoms with E-state index >= 15 is 0 Å². The van der Waals surface area contributed by atoms with Crippen LogP contribution in [-0.4, -0.2) is 13.1 Å². The van der Waals surface area contributed by atoms with Gasteiger partial charge >= 0.3 is 0 Å². The Hall–Kier alpha value is -1.05. The van der Waals surface area contributed by atoms with Crippen LogP contribution in [0.1, 0.15) is 43.7 Å².